The highest BCUT2D eigenvalue weighted by molar-refractivity contribution is 14.1. The highest BCUT2D eigenvalue weighted by atomic mass is 127. The first kappa shape index (κ1) is 19.5. The molecule has 1 rings (SSSR count). The summed E-state index contributed by atoms with van der Waals surface area (Å²) in [4.78, 5) is 25.7. The van der Waals surface area contributed by atoms with Crippen LogP contribution in [0, 0.1) is 3.57 Å². The summed E-state index contributed by atoms with van der Waals surface area (Å²) < 4.78 is 16.4. The van der Waals surface area contributed by atoms with Crippen molar-refractivity contribution in [3.05, 3.63) is 21.3 Å². The van der Waals surface area contributed by atoms with Crippen molar-refractivity contribution in [1.82, 2.24) is 4.90 Å². The fraction of sp³-hybridized carbons (Fsp3) is 0.500. The largest absolute Gasteiger partial charge is 0.493 e. The molecule has 0 unspecified atom stereocenters. The molecule has 0 saturated heterocycles. The van der Waals surface area contributed by atoms with E-state index >= 15 is 0 Å². The highest BCUT2D eigenvalue weighted by Gasteiger charge is 2.23. The second-order valence-corrected chi connectivity index (χ2v) is 7.10. The molecule has 0 spiro atoms. The molecular formula is C16H22INO5. The van der Waals surface area contributed by atoms with E-state index in [4.69, 9.17) is 14.2 Å². The maximum Gasteiger partial charge on any atom is 0.326 e. The molecule has 6 nitrogen and oxygen atoms in total. The van der Waals surface area contributed by atoms with Crippen molar-refractivity contribution in [3.8, 4) is 11.5 Å². The van der Waals surface area contributed by atoms with Crippen molar-refractivity contribution in [3.63, 3.8) is 0 Å². The summed E-state index contributed by atoms with van der Waals surface area (Å²) >= 11 is 2.05. The van der Waals surface area contributed by atoms with Crippen molar-refractivity contribution < 1.29 is 23.8 Å². The molecule has 0 atom stereocenters. The number of nitrogens with zero attached hydrogens (tertiary/aromatic N) is 1. The monoisotopic (exact) mass is 435 g/mol. The van der Waals surface area contributed by atoms with Crippen molar-refractivity contribution in [2.45, 2.75) is 26.4 Å². The summed E-state index contributed by atoms with van der Waals surface area (Å²) in [5.74, 6) is 0.259. The summed E-state index contributed by atoms with van der Waals surface area (Å²) in [6.07, 6.45) is 0. The molecule has 0 aromatic heterocycles. The molecule has 0 aliphatic carbocycles. The number of esters is 1. The first-order valence-corrected chi connectivity index (χ1v) is 8.05. The minimum Gasteiger partial charge on any atom is -0.493 e. The molecule has 0 saturated carbocycles. The zero-order chi connectivity index (χ0) is 17.8. The summed E-state index contributed by atoms with van der Waals surface area (Å²) in [6, 6.07) is 3.32. The van der Waals surface area contributed by atoms with Crippen LogP contribution in [0.1, 0.15) is 31.1 Å². The van der Waals surface area contributed by atoms with Gasteiger partial charge in [0.25, 0.3) is 5.91 Å². The number of carbonyl (C=O) groups is 2. The number of halogens is 1. The van der Waals surface area contributed by atoms with Crippen LogP contribution < -0.4 is 9.47 Å². The zero-order valence-electron chi connectivity index (χ0n) is 14.2. The van der Waals surface area contributed by atoms with Crippen molar-refractivity contribution in [2.24, 2.45) is 0 Å². The van der Waals surface area contributed by atoms with Crippen LogP contribution in [0.25, 0.3) is 0 Å². The van der Waals surface area contributed by atoms with Crippen LogP contribution in [-0.4, -0.2) is 50.2 Å². The number of hydrogen-bond acceptors (Lipinski definition) is 5. The first-order valence-electron chi connectivity index (χ1n) is 6.98. The van der Waals surface area contributed by atoms with E-state index in [1.165, 1.54) is 19.1 Å². The van der Waals surface area contributed by atoms with Gasteiger partial charge >= 0.3 is 5.97 Å². The lowest BCUT2D eigenvalue weighted by atomic mass is 10.1. The number of carbonyl (C=O) groups excluding carboxylic acids is 2. The molecule has 1 aromatic rings. The number of benzene rings is 1. The van der Waals surface area contributed by atoms with Crippen LogP contribution >= 0.6 is 22.6 Å². The summed E-state index contributed by atoms with van der Waals surface area (Å²) in [5.41, 5.74) is -0.145. The lowest BCUT2D eigenvalue weighted by Crippen LogP contribution is -2.36. The van der Waals surface area contributed by atoms with Gasteiger partial charge in [0.05, 0.1) is 19.8 Å². The molecule has 0 bridgehead atoms. The fourth-order valence-corrected chi connectivity index (χ4v) is 2.53. The molecule has 0 fully saturated rings. The Bertz CT molecular complexity index is 595. The molecule has 7 heteroatoms. The van der Waals surface area contributed by atoms with Gasteiger partial charge in [-0.2, -0.15) is 0 Å². The van der Waals surface area contributed by atoms with Gasteiger partial charge in [0.1, 0.15) is 12.1 Å². The fourth-order valence-electron chi connectivity index (χ4n) is 1.86. The van der Waals surface area contributed by atoms with Crippen LogP contribution in [0.15, 0.2) is 12.1 Å². The normalized spacial score (nSPS) is 10.9. The van der Waals surface area contributed by atoms with Gasteiger partial charge in [-0.3, -0.25) is 9.59 Å². The molecule has 0 aliphatic rings. The quantitative estimate of drug-likeness (QED) is 0.526. The number of likely N-dealkylation sites (N-methyl/N-ethyl adjacent to an activating group) is 1. The molecule has 0 N–H and O–H groups in total. The van der Waals surface area contributed by atoms with Crippen LogP contribution in [0.5, 0.6) is 11.5 Å². The van der Waals surface area contributed by atoms with Crippen LogP contribution in [0.2, 0.25) is 0 Å². The summed E-state index contributed by atoms with van der Waals surface area (Å²) in [5, 5.41) is 0. The van der Waals surface area contributed by atoms with Crippen LogP contribution in [0.3, 0.4) is 0 Å². The molecule has 23 heavy (non-hydrogen) atoms. The molecule has 1 amide bonds. The second kappa shape index (κ2) is 7.85. The van der Waals surface area contributed by atoms with E-state index in [9.17, 15) is 9.59 Å². The molecule has 1 aromatic carbocycles. The lowest BCUT2D eigenvalue weighted by molar-refractivity contribution is -0.155. The number of amides is 1. The Kier molecular flexibility index (Phi) is 6.67. The Morgan fingerprint density at radius 3 is 2.13 bits per heavy atom. The Morgan fingerprint density at radius 2 is 1.65 bits per heavy atom. The third-order valence-corrected chi connectivity index (χ3v) is 3.73. The van der Waals surface area contributed by atoms with E-state index < -0.39 is 11.6 Å². The van der Waals surface area contributed by atoms with Gasteiger partial charge < -0.3 is 19.1 Å². The Labute approximate surface area is 150 Å². The van der Waals surface area contributed by atoms with E-state index in [1.54, 1.807) is 40.0 Å². The Hall–Kier alpha value is -1.51. The maximum atomic E-state index is 12.6. The predicted octanol–water partition coefficient (Wildman–Crippen LogP) is 2.72. The maximum absolute atomic E-state index is 12.6. The zero-order valence-corrected chi connectivity index (χ0v) is 16.4. The minimum absolute atomic E-state index is 0.124. The predicted molar refractivity (Wildman–Crippen MR) is 95.1 cm³/mol. The SMILES string of the molecule is COc1cc(I)c(C(=O)N(C)CC(=O)OC(C)(C)C)cc1OC. The van der Waals surface area contributed by atoms with E-state index in [-0.39, 0.29) is 12.5 Å². The van der Waals surface area contributed by atoms with E-state index in [2.05, 4.69) is 0 Å². The van der Waals surface area contributed by atoms with Crippen LogP contribution in [-0.2, 0) is 9.53 Å². The minimum atomic E-state index is -0.585. The third-order valence-electron chi connectivity index (χ3n) is 2.84. The third kappa shape index (κ3) is 5.56. The van der Waals surface area contributed by atoms with E-state index in [1.807, 2.05) is 22.6 Å². The summed E-state index contributed by atoms with van der Waals surface area (Å²) in [7, 11) is 4.59. The van der Waals surface area contributed by atoms with Crippen LogP contribution in [0.4, 0.5) is 0 Å². The van der Waals surface area contributed by atoms with Gasteiger partial charge in [-0.25, -0.2) is 0 Å². The first-order chi connectivity index (χ1) is 10.6. The van der Waals surface area contributed by atoms with Gasteiger partial charge in [0.2, 0.25) is 0 Å². The smallest absolute Gasteiger partial charge is 0.326 e. The standard InChI is InChI=1S/C16H22INO5/c1-16(2,3)23-14(19)9-18(4)15(20)10-7-12(21-5)13(22-6)8-11(10)17/h7-8H,9H2,1-6H3. The molecule has 128 valence electrons. The lowest BCUT2D eigenvalue weighted by Gasteiger charge is -2.23. The van der Waals surface area contributed by atoms with Crippen molar-refractivity contribution in [1.29, 1.82) is 0 Å². The summed E-state index contributed by atoms with van der Waals surface area (Å²) in [6.45, 7) is 5.22. The number of hydrogen-bond donors (Lipinski definition) is 0. The molecule has 0 radical (unpaired) electrons. The topological polar surface area (TPSA) is 65.1 Å². The highest BCUT2D eigenvalue weighted by Crippen LogP contribution is 2.31. The van der Waals surface area contributed by atoms with E-state index in [0.717, 1.165) is 0 Å². The van der Waals surface area contributed by atoms with Gasteiger partial charge in [0.15, 0.2) is 11.5 Å². The van der Waals surface area contributed by atoms with Gasteiger partial charge in [-0.1, -0.05) is 0 Å². The van der Waals surface area contributed by atoms with Gasteiger partial charge in [0, 0.05) is 10.6 Å². The van der Waals surface area contributed by atoms with Gasteiger partial charge in [-0.05, 0) is 55.5 Å². The Morgan fingerprint density at radius 1 is 1.13 bits per heavy atom. The molecule has 0 heterocycles. The Balaban J connectivity index is 2.94. The average molecular weight is 435 g/mol. The molecular weight excluding hydrogens is 413 g/mol. The van der Waals surface area contributed by atoms with Gasteiger partial charge in [-0.15, -0.1) is 0 Å². The van der Waals surface area contributed by atoms with Crippen molar-refractivity contribution >= 4 is 34.5 Å². The average Bonchev–Trinajstić information content (AvgIpc) is 2.43. The number of rotatable bonds is 5. The van der Waals surface area contributed by atoms with Crippen molar-refractivity contribution in [2.75, 3.05) is 27.8 Å². The van der Waals surface area contributed by atoms with E-state index in [0.29, 0.717) is 20.6 Å². The number of ether oxygens (including phenoxy) is 3. The molecule has 0 aliphatic heterocycles. The second-order valence-electron chi connectivity index (χ2n) is 5.93. The number of methoxy groups -OCH3 is 2.